The molecule has 0 spiro atoms. The smallest absolute Gasteiger partial charge is 0.340 e. The highest BCUT2D eigenvalue weighted by molar-refractivity contribution is 6.00. The minimum Gasteiger partial charge on any atom is -0.486 e. The molecule has 6 nitrogen and oxygen atoms in total. The van der Waals surface area contributed by atoms with E-state index in [0.717, 1.165) is 0 Å². The van der Waals surface area contributed by atoms with Crippen LogP contribution in [0.5, 0.6) is 11.5 Å². The van der Waals surface area contributed by atoms with Crippen molar-refractivity contribution in [3.63, 3.8) is 0 Å². The van der Waals surface area contributed by atoms with E-state index in [1.165, 1.54) is 6.20 Å². The molecule has 0 bridgehead atoms. The van der Waals surface area contributed by atoms with Crippen molar-refractivity contribution in [1.29, 1.82) is 0 Å². The number of aromatic carboxylic acids is 1. The Balaban J connectivity index is 2.10. The molecule has 4 N–H and O–H groups in total. The van der Waals surface area contributed by atoms with Gasteiger partial charge in [0.25, 0.3) is 0 Å². The van der Waals surface area contributed by atoms with Gasteiger partial charge in [0.15, 0.2) is 11.5 Å². The number of fused-ring (bicyclic) bond motifs is 1. The molecule has 0 aliphatic carbocycles. The topological polar surface area (TPSA) is 97.6 Å². The van der Waals surface area contributed by atoms with Crippen LogP contribution in [0.2, 0.25) is 0 Å². The lowest BCUT2D eigenvalue weighted by Crippen LogP contribution is -2.15. The van der Waals surface area contributed by atoms with Gasteiger partial charge < -0.3 is 25.3 Å². The van der Waals surface area contributed by atoms with E-state index >= 15 is 0 Å². The number of hydrogen-bond donors (Lipinski definition) is 3. The van der Waals surface area contributed by atoms with Gasteiger partial charge in [-0.15, -0.1) is 0 Å². The highest BCUT2D eigenvalue weighted by atomic mass is 16.6. The minimum absolute atomic E-state index is 0.0664. The molecule has 0 saturated carbocycles. The second-order valence-electron chi connectivity index (χ2n) is 4.16. The Morgan fingerprint density at radius 1 is 1.26 bits per heavy atom. The Bertz CT molecular complexity index is 648. The van der Waals surface area contributed by atoms with E-state index in [2.05, 4.69) is 4.98 Å². The first-order valence-corrected chi connectivity index (χ1v) is 5.77. The van der Waals surface area contributed by atoms with Gasteiger partial charge >= 0.3 is 5.97 Å². The van der Waals surface area contributed by atoms with Crippen molar-refractivity contribution < 1.29 is 19.4 Å². The second kappa shape index (κ2) is 4.24. The number of aromatic nitrogens is 1. The number of anilines is 1. The third-order valence-electron chi connectivity index (χ3n) is 2.96. The zero-order valence-electron chi connectivity index (χ0n) is 9.97. The van der Waals surface area contributed by atoms with Gasteiger partial charge in [-0.2, -0.15) is 0 Å². The summed E-state index contributed by atoms with van der Waals surface area (Å²) in [5, 5.41) is 9.18. The average molecular weight is 260 g/mol. The monoisotopic (exact) mass is 260 g/mol. The van der Waals surface area contributed by atoms with E-state index in [0.29, 0.717) is 36.0 Å². The fraction of sp³-hybridized carbons (Fsp3) is 0.154. The third-order valence-corrected chi connectivity index (χ3v) is 2.96. The first kappa shape index (κ1) is 11.5. The molecule has 0 radical (unpaired) electrons. The zero-order chi connectivity index (χ0) is 13.4. The van der Waals surface area contributed by atoms with Crippen molar-refractivity contribution in [3.05, 3.63) is 30.0 Å². The number of hydrogen-bond acceptors (Lipinski definition) is 4. The first-order chi connectivity index (χ1) is 9.16. The molecular formula is C13H12N2O4. The number of aromatic amines is 1. The lowest BCUT2D eigenvalue weighted by molar-refractivity contribution is 0.0699. The van der Waals surface area contributed by atoms with Crippen molar-refractivity contribution in [2.45, 2.75) is 0 Å². The van der Waals surface area contributed by atoms with Gasteiger partial charge in [-0.1, -0.05) is 0 Å². The highest BCUT2D eigenvalue weighted by Gasteiger charge is 2.19. The number of nitrogen functional groups attached to an aromatic ring is 1. The maximum atomic E-state index is 11.2. The molecule has 1 aliphatic heterocycles. The van der Waals surface area contributed by atoms with E-state index in [1.54, 1.807) is 18.2 Å². The summed E-state index contributed by atoms with van der Waals surface area (Å²) >= 11 is 0. The molecule has 0 saturated heterocycles. The second-order valence-corrected chi connectivity index (χ2v) is 4.16. The number of carboxylic acids is 1. The van der Waals surface area contributed by atoms with Crippen LogP contribution in [0.3, 0.4) is 0 Å². The zero-order valence-corrected chi connectivity index (χ0v) is 9.97. The molecule has 2 heterocycles. The van der Waals surface area contributed by atoms with Crippen LogP contribution < -0.4 is 15.2 Å². The Morgan fingerprint density at radius 3 is 2.74 bits per heavy atom. The Hall–Kier alpha value is -2.63. The van der Waals surface area contributed by atoms with Crippen molar-refractivity contribution in [1.82, 2.24) is 4.98 Å². The number of carboxylic acid groups (broad SMARTS) is 1. The van der Waals surface area contributed by atoms with Gasteiger partial charge in [0.05, 0.1) is 11.4 Å². The average Bonchev–Trinajstić information content (AvgIpc) is 2.80. The van der Waals surface area contributed by atoms with E-state index in [-0.39, 0.29) is 11.3 Å². The van der Waals surface area contributed by atoms with Crippen LogP contribution in [-0.2, 0) is 0 Å². The van der Waals surface area contributed by atoms with Crippen LogP contribution in [0.1, 0.15) is 10.4 Å². The standard InChI is InChI=1S/C13H12N2O4/c14-8-6-15-12(11(8)13(16)17)7-1-2-9-10(5-7)19-4-3-18-9/h1-2,5-6,15H,3-4,14H2,(H,16,17). The summed E-state index contributed by atoms with van der Waals surface area (Å²) in [4.78, 5) is 14.1. The fourth-order valence-electron chi connectivity index (χ4n) is 2.10. The number of nitrogens with two attached hydrogens (primary N) is 1. The summed E-state index contributed by atoms with van der Waals surface area (Å²) in [6.07, 6.45) is 1.47. The first-order valence-electron chi connectivity index (χ1n) is 5.77. The van der Waals surface area contributed by atoms with Crippen LogP contribution in [0, 0.1) is 0 Å². The predicted molar refractivity (Wildman–Crippen MR) is 68.6 cm³/mol. The molecule has 1 aliphatic rings. The van der Waals surface area contributed by atoms with Gasteiger partial charge in [-0.3, -0.25) is 0 Å². The van der Waals surface area contributed by atoms with Crippen molar-refractivity contribution in [2.75, 3.05) is 18.9 Å². The summed E-state index contributed by atoms with van der Waals surface area (Å²) in [6.45, 7) is 0.997. The van der Waals surface area contributed by atoms with Crippen LogP contribution >= 0.6 is 0 Å². The normalized spacial score (nSPS) is 13.3. The fourth-order valence-corrected chi connectivity index (χ4v) is 2.10. The molecule has 3 rings (SSSR count). The van der Waals surface area contributed by atoms with Crippen LogP contribution in [-0.4, -0.2) is 29.3 Å². The third kappa shape index (κ3) is 1.87. The van der Waals surface area contributed by atoms with E-state index in [4.69, 9.17) is 15.2 Å². The molecule has 6 heteroatoms. The molecule has 1 aromatic carbocycles. The van der Waals surface area contributed by atoms with Gasteiger partial charge in [0, 0.05) is 11.8 Å². The van der Waals surface area contributed by atoms with E-state index in [9.17, 15) is 9.90 Å². The largest absolute Gasteiger partial charge is 0.486 e. The Kier molecular flexibility index (Phi) is 2.56. The SMILES string of the molecule is Nc1c[nH]c(-c2ccc3c(c2)OCCO3)c1C(=O)O. The molecule has 19 heavy (non-hydrogen) atoms. The number of carbonyl (C=O) groups is 1. The number of ether oxygens (including phenoxy) is 2. The lowest BCUT2D eigenvalue weighted by Gasteiger charge is -2.18. The Morgan fingerprint density at radius 2 is 2.00 bits per heavy atom. The van der Waals surface area contributed by atoms with Crippen LogP contribution in [0.4, 0.5) is 5.69 Å². The number of nitrogens with one attached hydrogen (secondary N) is 1. The number of rotatable bonds is 2. The lowest BCUT2D eigenvalue weighted by atomic mass is 10.1. The Labute approximate surface area is 108 Å². The molecule has 0 fully saturated rings. The van der Waals surface area contributed by atoms with Gasteiger partial charge in [-0.05, 0) is 18.2 Å². The molecule has 2 aromatic rings. The summed E-state index contributed by atoms with van der Waals surface area (Å²) in [5.41, 5.74) is 7.07. The molecule has 1 aromatic heterocycles. The number of benzene rings is 1. The van der Waals surface area contributed by atoms with Crippen molar-refractivity contribution >= 4 is 11.7 Å². The quantitative estimate of drug-likeness (QED) is 0.764. The molecule has 0 atom stereocenters. The maximum absolute atomic E-state index is 11.2. The molecule has 0 unspecified atom stereocenters. The summed E-state index contributed by atoms with van der Waals surface area (Å²) < 4.78 is 10.9. The highest BCUT2D eigenvalue weighted by Crippen LogP contribution is 2.36. The van der Waals surface area contributed by atoms with Crippen LogP contribution in [0.15, 0.2) is 24.4 Å². The van der Waals surface area contributed by atoms with Gasteiger partial charge in [0.1, 0.15) is 18.8 Å². The summed E-state index contributed by atoms with van der Waals surface area (Å²) in [7, 11) is 0. The predicted octanol–water partition coefficient (Wildman–Crippen LogP) is 1.73. The van der Waals surface area contributed by atoms with Crippen molar-refractivity contribution in [2.24, 2.45) is 0 Å². The summed E-state index contributed by atoms with van der Waals surface area (Å²) in [6, 6.07) is 5.27. The van der Waals surface area contributed by atoms with Gasteiger partial charge in [-0.25, -0.2) is 4.79 Å². The minimum atomic E-state index is -1.07. The summed E-state index contributed by atoms with van der Waals surface area (Å²) in [5.74, 6) is 0.198. The molecule has 0 amide bonds. The van der Waals surface area contributed by atoms with E-state index in [1.807, 2.05) is 0 Å². The molecular weight excluding hydrogens is 248 g/mol. The van der Waals surface area contributed by atoms with E-state index < -0.39 is 5.97 Å². The van der Waals surface area contributed by atoms with Crippen molar-refractivity contribution in [3.8, 4) is 22.8 Å². The van der Waals surface area contributed by atoms with Gasteiger partial charge in [0.2, 0.25) is 0 Å². The maximum Gasteiger partial charge on any atom is 0.340 e. The number of H-pyrrole nitrogens is 1. The molecule has 98 valence electrons. The van der Waals surface area contributed by atoms with Crippen LogP contribution in [0.25, 0.3) is 11.3 Å².